The molecule has 92 valence electrons. The Kier molecular flexibility index (Phi) is 3.14. The summed E-state index contributed by atoms with van der Waals surface area (Å²) in [5.74, 6) is 0. The van der Waals surface area contributed by atoms with Gasteiger partial charge in [-0.1, -0.05) is 30.3 Å². The molecule has 1 aromatic carbocycles. The van der Waals surface area contributed by atoms with E-state index in [0.29, 0.717) is 0 Å². The fraction of sp³-hybridized carbons (Fsp3) is 0.571. The van der Waals surface area contributed by atoms with E-state index in [1.54, 1.807) is 0 Å². The van der Waals surface area contributed by atoms with Gasteiger partial charge in [0.1, 0.15) is 5.72 Å². The van der Waals surface area contributed by atoms with E-state index in [1.807, 2.05) is 0 Å². The number of piperidine rings is 1. The highest BCUT2D eigenvalue weighted by Gasteiger charge is 2.37. The van der Waals surface area contributed by atoms with Gasteiger partial charge in [0.2, 0.25) is 0 Å². The molecule has 0 aromatic heterocycles. The van der Waals surface area contributed by atoms with Gasteiger partial charge in [-0.3, -0.25) is 10.2 Å². The first-order chi connectivity index (χ1) is 8.36. The highest BCUT2D eigenvalue weighted by Crippen LogP contribution is 2.27. The molecule has 2 saturated heterocycles. The molecule has 17 heavy (non-hydrogen) atoms. The Hall–Kier alpha value is -0.900. The average Bonchev–Trinajstić information content (AvgIpc) is 2.83. The van der Waals surface area contributed by atoms with Crippen molar-refractivity contribution in [3.8, 4) is 0 Å². The largest absolute Gasteiger partial charge is 0.359 e. The third-order valence-electron chi connectivity index (χ3n) is 3.84. The molecule has 0 atom stereocenters. The van der Waals surface area contributed by atoms with E-state index in [0.717, 1.165) is 45.6 Å². The Morgan fingerprint density at radius 2 is 1.94 bits per heavy atom. The molecule has 1 N–H and O–H groups in total. The van der Waals surface area contributed by atoms with Crippen LogP contribution in [0.3, 0.4) is 0 Å². The van der Waals surface area contributed by atoms with Crippen molar-refractivity contribution < 1.29 is 4.74 Å². The van der Waals surface area contributed by atoms with Crippen LogP contribution in [0.1, 0.15) is 18.4 Å². The summed E-state index contributed by atoms with van der Waals surface area (Å²) >= 11 is 0. The van der Waals surface area contributed by atoms with Crippen LogP contribution in [-0.2, 0) is 11.3 Å². The number of hydrogen-bond acceptors (Lipinski definition) is 3. The number of nitrogens with zero attached hydrogens (tertiary/aromatic N) is 1. The molecule has 0 unspecified atom stereocenters. The zero-order chi connectivity index (χ0) is 11.6. The molecule has 0 saturated carbocycles. The summed E-state index contributed by atoms with van der Waals surface area (Å²) in [5, 5.41) is 3.51. The lowest BCUT2D eigenvalue weighted by Crippen LogP contribution is -2.50. The molecule has 0 radical (unpaired) electrons. The van der Waals surface area contributed by atoms with E-state index in [9.17, 15) is 0 Å². The summed E-state index contributed by atoms with van der Waals surface area (Å²) in [6.07, 6.45) is 2.22. The topological polar surface area (TPSA) is 24.5 Å². The number of benzene rings is 1. The van der Waals surface area contributed by atoms with Crippen molar-refractivity contribution in [2.24, 2.45) is 0 Å². The van der Waals surface area contributed by atoms with Gasteiger partial charge in [-0.05, 0) is 5.56 Å². The van der Waals surface area contributed by atoms with Crippen molar-refractivity contribution in [3.63, 3.8) is 0 Å². The number of rotatable bonds is 2. The van der Waals surface area contributed by atoms with Gasteiger partial charge >= 0.3 is 0 Å². The molecule has 3 rings (SSSR count). The highest BCUT2D eigenvalue weighted by molar-refractivity contribution is 5.14. The van der Waals surface area contributed by atoms with E-state index in [1.165, 1.54) is 5.56 Å². The maximum absolute atomic E-state index is 5.84. The Morgan fingerprint density at radius 3 is 2.59 bits per heavy atom. The van der Waals surface area contributed by atoms with Gasteiger partial charge in [0.15, 0.2) is 0 Å². The molecule has 3 nitrogen and oxygen atoms in total. The van der Waals surface area contributed by atoms with Crippen LogP contribution in [0.2, 0.25) is 0 Å². The van der Waals surface area contributed by atoms with E-state index < -0.39 is 0 Å². The predicted octanol–water partition coefficient (Wildman–Crippen LogP) is 1.60. The minimum absolute atomic E-state index is 0.00713. The first-order valence-electron chi connectivity index (χ1n) is 6.52. The van der Waals surface area contributed by atoms with Crippen molar-refractivity contribution in [1.29, 1.82) is 0 Å². The molecule has 2 heterocycles. The third-order valence-corrected chi connectivity index (χ3v) is 3.84. The molecule has 2 aliphatic heterocycles. The Labute approximate surface area is 103 Å². The molecular formula is C14H20N2O. The van der Waals surface area contributed by atoms with Crippen LogP contribution < -0.4 is 5.32 Å². The van der Waals surface area contributed by atoms with Gasteiger partial charge in [-0.15, -0.1) is 0 Å². The molecule has 0 bridgehead atoms. The summed E-state index contributed by atoms with van der Waals surface area (Å²) in [5.41, 5.74) is 1.41. The highest BCUT2D eigenvalue weighted by atomic mass is 16.5. The van der Waals surface area contributed by atoms with E-state index in [-0.39, 0.29) is 5.72 Å². The Morgan fingerprint density at radius 1 is 1.18 bits per heavy atom. The second-order valence-corrected chi connectivity index (χ2v) is 5.03. The lowest BCUT2D eigenvalue weighted by molar-refractivity contribution is -0.0576. The molecule has 2 aliphatic rings. The Bertz CT molecular complexity index is 350. The van der Waals surface area contributed by atoms with Gasteiger partial charge in [-0.2, -0.15) is 0 Å². The lowest BCUT2D eigenvalue weighted by atomic mass is 10.0. The van der Waals surface area contributed by atoms with E-state index in [4.69, 9.17) is 4.74 Å². The third kappa shape index (κ3) is 2.51. The van der Waals surface area contributed by atoms with Crippen molar-refractivity contribution in [3.05, 3.63) is 35.9 Å². The quantitative estimate of drug-likeness (QED) is 0.838. The second kappa shape index (κ2) is 4.77. The fourth-order valence-corrected chi connectivity index (χ4v) is 2.81. The zero-order valence-corrected chi connectivity index (χ0v) is 10.2. The molecule has 0 aliphatic carbocycles. The van der Waals surface area contributed by atoms with Gasteiger partial charge < -0.3 is 4.74 Å². The summed E-state index contributed by atoms with van der Waals surface area (Å²) in [4.78, 5) is 2.52. The zero-order valence-electron chi connectivity index (χ0n) is 10.2. The van der Waals surface area contributed by atoms with Gasteiger partial charge in [0.05, 0.1) is 6.61 Å². The SMILES string of the molecule is c1ccc(CN2CCC3(CC2)NCCO3)cc1. The molecule has 1 aromatic rings. The lowest BCUT2D eigenvalue weighted by Gasteiger charge is -2.38. The van der Waals surface area contributed by atoms with Gasteiger partial charge in [-0.25, -0.2) is 0 Å². The standard InChI is InChI=1S/C14H20N2O/c1-2-4-13(5-3-1)12-16-9-6-14(7-10-16)15-8-11-17-14/h1-5,15H,6-12H2. The minimum Gasteiger partial charge on any atom is -0.359 e. The first-order valence-corrected chi connectivity index (χ1v) is 6.52. The van der Waals surface area contributed by atoms with Gasteiger partial charge in [0, 0.05) is 39.0 Å². The summed E-state index contributed by atoms with van der Waals surface area (Å²) < 4.78 is 5.84. The maximum Gasteiger partial charge on any atom is 0.121 e. The van der Waals surface area contributed by atoms with Crippen molar-refractivity contribution in [2.75, 3.05) is 26.2 Å². The van der Waals surface area contributed by atoms with Crippen LogP contribution in [0, 0.1) is 0 Å². The van der Waals surface area contributed by atoms with Crippen LogP contribution in [0.15, 0.2) is 30.3 Å². The number of ether oxygens (including phenoxy) is 1. The minimum atomic E-state index is 0.00713. The summed E-state index contributed by atoms with van der Waals surface area (Å²) in [7, 11) is 0. The normalized spacial score (nSPS) is 24.2. The van der Waals surface area contributed by atoms with Crippen LogP contribution in [-0.4, -0.2) is 36.9 Å². The number of hydrogen-bond donors (Lipinski definition) is 1. The van der Waals surface area contributed by atoms with Crippen LogP contribution in [0.5, 0.6) is 0 Å². The molecule has 3 heteroatoms. The molecule has 0 amide bonds. The summed E-state index contributed by atoms with van der Waals surface area (Å²) in [6, 6.07) is 10.7. The molecule has 2 fully saturated rings. The van der Waals surface area contributed by atoms with E-state index in [2.05, 4.69) is 40.5 Å². The van der Waals surface area contributed by atoms with E-state index >= 15 is 0 Å². The van der Waals surface area contributed by atoms with Crippen molar-refractivity contribution >= 4 is 0 Å². The monoisotopic (exact) mass is 232 g/mol. The van der Waals surface area contributed by atoms with Crippen molar-refractivity contribution in [2.45, 2.75) is 25.1 Å². The van der Waals surface area contributed by atoms with Crippen LogP contribution >= 0.6 is 0 Å². The Balaban J connectivity index is 1.55. The average molecular weight is 232 g/mol. The fourth-order valence-electron chi connectivity index (χ4n) is 2.81. The summed E-state index contributed by atoms with van der Waals surface area (Å²) in [6.45, 7) is 5.21. The number of likely N-dealkylation sites (tertiary alicyclic amines) is 1. The van der Waals surface area contributed by atoms with Crippen molar-refractivity contribution in [1.82, 2.24) is 10.2 Å². The predicted molar refractivity (Wildman–Crippen MR) is 67.6 cm³/mol. The van der Waals surface area contributed by atoms with Crippen LogP contribution in [0.25, 0.3) is 0 Å². The first kappa shape index (κ1) is 11.2. The molecule has 1 spiro atoms. The number of nitrogens with one attached hydrogen (secondary N) is 1. The maximum atomic E-state index is 5.84. The van der Waals surface area contributed by atoms with Gasteiger partial charge in [0.25, 0.3) is 0 Å². The molecular weight excluding hydrogens is 212 g/mol. The smallest absolute Gasteiger partial charge is 0.121 e. The van der Waals surface area contributed by atoms with Crippen LogP contribution in [0.4, 0.5) is 0 Å². The second-order valence-electron chi connectivity index (χ2n) is 5.03.